The Morgan fingerprint density at radius 1 is 1.12 bits per heavy atom. The molecule has 0 bridgehead atoms. The van der Waals surface area contributed by atoms with Crippen molar-refractivity contribution in [1.82, 2.24) is 5.32 Å². The zero-order chi connectivity index (χ0) is 24.2. The molecule has 0 aliphatic carbocycles. The molecule has 1 fully saturated rings. The molecule has 4 rings (SSSR count). The second kappa shape index (κ2) is 10.8. The van der Waals surface area contributed by atoms with Gasteiger partial charge in [-0.15, -0.1) is 0 Å². The fourth-order valence-electron chi connectivity index (χ4n) is 3.49. The van der Waals surface area contributed by atoms with Crippen LogP contribution in [0.15, 0.2) is 64.5 Å². The number of methoxy groups -OCH3 is 1. The standard InChI is InChI=1S/C26H22ClIN2O3S/c1-15-8-16(2)10-19(9-15)29-26-30-25(31)23(34-26)13-17-11-21(28)24(22(12-17)32-3)33-14-18-6-4-5-7-20(18)27/h4-13H,14H2,1-3H3,(H,29,30,31). The summed E-state index contributed by atoms with van der Waals surface area (Å²) >= 11 is 9.76. The molecule has 5 nitrogen and oxygen atoms in total. The summed E-state index contributed by atoms with van der Waals surface area (Å²) in [5.41, 5.74) is 4.79. The normalized spacial score (nSPS) is 15.6. The van der Waals surface area contributed by atoms with Crippen molar-refractivity contribution in [3.8, 4) is 11.5 Å². The fraction of sp³-hybridized carbons (Fsp3) is 0.154. The highest BCUT2D eigenvalue weighted by Crippen LogP contribution is 2.37. The minimum atomic E-state index is -0.179. The predicted molar refractivity (Wildman–Crippen MR) is 148 cm³/mol. The van der Waals surface area contributed by atoms with Crippen LogP contribution in [-0.2, 0) is 11.4 Å². The first-order valence-corrected chi connectivity index (χ1v) is 12.7. The summed E-state index contributed by atoms with van der Waals surface area (Å²) in [4.78, 5) is 17.7. The minimum absolute atomic E-state index is 0.179. The maximum atomic E-state index is 12.6. The predicted octanol–water partition coefficient (Wildman–Crippen LogP) is 7.04. The second-order valence-corrected chi connectivity index (χ2v) is 10.3. The minimum Gasteiger partial charge on any atom is -0.493 e. The molecule has 1 aliphatic rings. The van der Waals surface area contributed by atoms with Crippen LogP contribution in [0.2, 0.25) is 5.02 Å². The molecule has 1 saturated heterocycles. The Morgan fingerprint density at radius 2 is 1.85 bits per heavy atom. The molecule has 0 radical (unpaired) electrons. The van der Waals surface area contributed by atoms with E-state index >= 15 is 0 Å². The summed E-state index contributed by atoms with van der Waals surface area (Å²) in [6.45, 7) is 4.38. The van der Waals surface area contributed by atoms with E-state index in [1.54, 1.807) is 7.11 Å². The Bertz CT molecular complexity index is 1300. The summed E-state index contributed by atoms with van der Waals surface area (Å²) < 4.78 is 12.5. The second-order valence-electron chi connectivity index (χ2n) is 7.74. The molecule has 1 aliphatic heterocycles. The highest BCUT2D eigenvalue weighted by atomic mass is 127. The number of carbonyl (C=O) groups excluding carboxylic acids is 1. The number of benzene rings is 3. The smallest absolute Gasteiger partial charge is 0.264 e. The third-order valence-corrected chi connectivity index (χ3v) is 7.05. The largest absolute Gasteiger partial charge is 0.493 e. The molecule has 0 saturated carbocycles. The van der Waals surface area contributed by atoms with Gasteiger partial charge in [0.15, 0.2) is 16.7 Å². The lowest BCUT2D eigenvalue weighted by atomic mass is 10.1. The molecule has 1 N–H and O–H groups in total. The SMILES string of the molecule is COc1cc(C=C2SC(=Nc3cc(C)cc(C)c3)NC2=O)cc(I)c1OCc1ccccc1Cl. The number of amidine groups is 1. The van der Waals surface area contributed by atoms with Crippen LogP contribution in [0.5, 0.6) is 11.5 Å². The highest BCUT2D eigenvalue weighted by molar-refractivity contribution is 14.1. The molecule has 3 aromatic rings. The van der Waals surface area contributed by atoms with Gasteiger partial charge in [0.05, 0.1) is 21.3 Å². The van der Waals surface area contributed by atoms with Gasteiger partial charge in [-0.1, -0.05) is 35.9 Å². The average molecular weight is 605 g/mol. The van der Waals surface area contributed by atoms with Crippen LogP contribution in [0.4, 0.5) is 5.69 Å². The molecule has 34 heavy (non-hydrogen) atoms. The van der Waals surface area contributed by atoms with Crippen molar-refractivity contribution in [3.05, 3.63) is 90.3 Å². The van der Waals surface area contributed by atoms with Crippen molar-refractivity contribution in [3.63, 3.8) is 0 Å². The number of halogens is 2. The summed E-state index contributed by atoms with van der Waals surface area (Å²) in [5.74, 6) is 1.03. The molecule has 174 valence electrons. The number of thioether (sulfide) groups is 1. The van der Waals surface area contributed by atoms with Crippen LogP contribution >= 0.6 is 46.0 Å². The van der Waals surface area contributed by atoms with Crippen LogP contribution in [0, 0.1) is 17.4 Å². The topological polar surface area (TPSA) is 59.9 Å². The maximum absolute atomic E-state index is 12.6. The third kappa shape index (κ3) is 5.95. The number of aryl methyl sites for hydroxylation is 2. The monoisotopic (exact) mass is 604 g/mol. The Hall–Kier alpha value is -2.49. The van der Waals surface area contributed by atoms with Crippen LogP contribution in [0.1, 0.15) is 22.3 Å². The van der Waals surface area contributed by atoms with Gasteiger partial charge in [0.1, 0.15) is 6.61 Å². The molecule has 0 spiro atoms. The number of aliphatic imine (C=N–C) groups is 1. The van der Waals surface area contributed by atoms with E-state index in [2.05, 4.69) is 39.0 Å². The first-order chi connectivity index (χ1) is 16.3. The van der Waals surface area contributed by atoms with Gasteiger partial charge < -0.3 is 14.8 Å². The highest BCUT2D eigenvalue weighted by Gasteiger charge is 2.24. The number of hydrogen-bond acceptors (Lipinski definition) is 5. The van der Waals surface area contributed by atoms with E-state index in [1.807, 2.05) is 68.5 Å². The first kappa shape index (κ1) is 24.6. The van der Waals surface area contributed by atoms with Crippen molar-refractivity contribution < 1.29 is 14.3 Å². The lowest BCUT2D eigenvalue weighted by molar-refractivity contribution is -0.115. The summed E-state index contributed by atoms with van der Waals surface area (Å²) in [6, 6.07) is 17.4. The molecule has 8 heteroatoms. The Kier molecular flexibility index (Phi) is 7.85. The molecule has 0 atom stereocenters. The number of ether oxygens (including phenoxy) is 2. The fourth-order valence-corrected chi connectivity index (χ4v) is 5.31. The Labute approximate surface area is 221 Å². The van der Waals surface area contributed by atoms with Gasteiger partial charge in [-0.3, -0.25) is 4.79 Å². The quantitative estimate of drug-likeness (QED) is 0.242. The van der Waals surface area contributed by atoms with Gasteiger partial charge in [0.25, 0.3) is 5.91 Å². The van der Waals surface area contributed by atoms with Crippen LogP contribution in [0.25, 0.3) is 6.08 Å². The van der Waals surface area contributed by atoms with E-state index in [1.165, 1.54) is 11.8 Å². The summed E-state index contributed by atoms with van der Waals surface area (Å²) in [6.07, 6.45) is 1.83. The number of amides is 1. The van der Waals surface area contributed by atoms with Crippen molar-refractivity contribution in [1.29, 1.82) is 0 Å². The van der Waals surface area contributed by atoms with E-state index < -0.39 is 0 Å². The summed E-state index contributed by atoms with van der Waals surface area (Å²) in [5, 5.41) is 4.06. The van der Waals surface area contributed by atoms with Crippen LogP contribution in [0.3, 0.4) is 0 Å². The van der Waals surface area contributed by atoms with Crippen molar-refractivity contribution in [2.75, 3.05) is 7.11 Å². The van der Waals surface area contributed by atoms with Gasteiger partial charge >= 0.3 is 0 Å². The van der Waals surface area contributed by atoms with Crippen molar-refractivity contribution in [2.24, 2.45) is 4.99 Å². The molecule has 1 heterocycles. The van der Waals surface area contributed by atoms with Gasteiger partial charge in [0.2, 0.25) is 0 Å². The number of rotatable bonds is 6. The molecular formula is C26H22ClIN2O3S. The maximum Gasteiger partial charge on any atom is 0.264 e. The van der Waals surface area contributed by atoms with E-state index in [0.29, 0.717) is 33.2 Å². The van der Waals surface area contributed by atoms with E-state index in [-0.39, 0.29) is 5.91 Å². The van der Waals surface area contributed by atoms with E-state index in [9.17, 15) is 4.79 Å². The zero-order valence-electron chi connectivity index (χ0n) is 18.8. The van der Waals surface area contributed by atoms with Crippen LogP contribution in [-0.4, -0.2) is 18.2 Å². The van der Waals surface area contributed by atoms with Crippen molar-refractivity contribution in [2.45, 2.75) is 20.5 Å². The molecule has 3 aromatic carbocycles. The van der Waals surface area contributed by atoms with E-state index in [0.717, 1.165) is 31.5 Å². The number of nitrogens with zero attached hydrogens (tertiary/aromatic N) is 1. The van der Waals surface area contributed by atoms with Crippen LogP contribution < -0.4 is 14.8 Å². The van der Waals surface area contributed by atoms with Crippen molar-refractivity contribution >= 4 is 68.8 Å². The number of nitrogens with one attached hydrogen (secondary N) is 1. The molecule has 0 aromatic heterocycles. The molecule has 0 unspecified atom stereocenters. The van der Waals surface area contributed by atoms with Gasteiger partial charge in [0, 0.05) is 10.6 Å². The zero-order valence-corrected chi connectivity index (χ0v) is 22.5. The molecular weight excluding hydrogens is 583 g/mol. The van der Waals surface area contributed by atoms with E-state index in [4.69, 9.17) is 21.1 Å². The number of carbonyl (C=O) groups is 1. The molecule has 1 amide bonds. The lowest BCUT2D eigenvalue weighted by Crippen LogP contribution is -2.19. The van der Waals surface area contributed by atoms with Gasteiger partial charge in [-0.25, -0.2) is 4.99 Å². The number of hydrogen-bond donors (Lipinski definition) is 1. The average Bonchev–Trinajstić information content (AvgIpc) is 3.11. The Morgan fingerprint density at radius 3 is 2.56 bits per heavy atom. The van der Waals surface area contributed by atoms with Gasteiger partial charge in [-0.05, 0) is 101 Å². The van der Waals surface area contributed by atoms with Gasteiger partial charge in [-0.2, -0.15) is 0 Å². The Balaban J connectivity index is 1.55. The third-order valence-electron chi connectivity index (χ3n) is 4.97. The lowest BCUT2D eigenvalue weighted by Gasteiger charge is -2.14. The summed E-state index contributed by atoms with van der Waals surface area (Å²) in [7, 11) is 1.59. The first-order valence-electron chi connectivity index (χ1n) is 10.4.